The molecule has 2 aromatic rings. The van der Waals surface area contributed by atoms with Crippen LogP contribution in [0, 0.1) is 0 Å². The largest absolute Gasteiger partial charge is 0.573 e. The van der Waals surface area contributed by atoms with Crippen LogP contribution in [0.15, 0.2) is 53.5 Å². The smallest absolute Gasteiger partial charge is 0.406 e. The fourth-order valence-electron chi connectivity index (χ4n) is 3.63. The zero-order chi connectivity index (χ0) is 23.1. The number of rotatable bonds is 4. The highest BCUT2D eigenvalue weighted by atomic mass is 35.5. The van der Waals surface area contributed by atoms with Crippen LogP contribution in [0.5, 0.6) is 5.75 Å². The SMILES string of the molecule is O=C(Cc1ccccc1Cl)N=C1S[C@@H]2CS(=O)(=O)C[C@@H]2N1c1ccc(OC(F)(F)F)cc1. The van der Waals surface area contributed by atoms with E-state index in [1.165, 1.54) is 23.9 Å². The fourth-order valence-corrected chi connectivity index (χ4v) is 7.76. The van der Waals surface area contributed by atoms with Crippen LogP contribution in [0.3, 0.4) is 0 Å². The number of nitrogens with zero attached hydrogens (tertiary/aromatic N) is 2. The van der Waals surface area contributed by atoms with Gasteiger partial charge in [-0.15, -0.1) is 13.2 Å². The Labute approximate surface area is 191 Å². The van der Waals surface area contributed by atoms with Crippen LogP contribution in [0.2, 0.25) is 5.02 Å². The lowest BCUT2D eigenvalue weighted by Crippen LogP contribution is -2.37. The first-order valence-electron chi connectivity index (χ1n) is 9.38. The Bertz CT molecular complexity index is 1170. The van der Waals surface area contributed by atoms with Crippen LogP contribution >= 0.6 is 23.4 Å². The number of sulfone groups is 1. The van der Waals surface area contributed by atoms with Gasteiger partial charge in [-0.1, -0.05) is 41.6 Å². The van der Waals surface area contributed by atoms with Crippen LogP contribution in [-0.4, -0.2) is 48.7 Å². The number of fused-ring (bicyclic) bond motifs is 1. The third kappa shape index (κ3) is 5.21. The van der Waals surface area contributed by atoms with Crippen molar-refractivity contribution in [2.75, 3.05) is 16.4 Å². The molecule has 0 radical (unpaired) electrons. The third-order valence-electron chi connectivity index (χ3n) is 4.93. The van der Waals surface area contributed by atoms with Gasteiger partial charge in [0.1, 0.15) is 5.75 Å². The molecular weight excluding hydrogens is 489 g/mol. The number of amides is 1. The minimum Gasteiger partial charge on any atom is -0.406 e. The van der Waals surface area contributed by atoms with E-state index in [1.54, 1.807) is 29.2 Å². The van der Waals surface area contributed by atoms with Crippen LogP contribution < -0.4 is 9.64 Å². The van der Waals surface area contributed by atoms with Gasteiger partial charge in [-0.05, 0) is 35.9 Å². The summed E-state index contributed by atoms with van der Waals surface area (Å²) in [6.07, 6.45) is -4.86. The van der Waals surface area contributed by atoms with E-state index in [0.717, 1.165) is 12.1 Å². The summed E-state index contributed by atoms with van der Waals surface area (Å²) in [5.74, 6) is -1.07. The van der Waals surface area contributed by atoms with Crippen molar-refractivity contribution < 1.29 is 31.1 Å². The molecule has 0 aliphatic carbocycles. The fraction of sp³-hybridized carbons (Fsp3) is 0.300. The van der Waals surface area contributed by atoms with E-state index in [4.69, 9.17) is 11.6 Å². The standard InChI is InChI=1S/C20H16ClF3N2O4S2/c21-15-4-2-1-3-12(15)9-18(27)25-19-26(16-10-32(28,29)11-17(16)31-19)13-5-7-14(8-6-13)30-20(22,23)24/h1-8,16-17H,9-11H2/t16-,17+/m0/s1. The van der Waals surface area contributed by atoms with E-state index in [0.29, 0.717) is 21.4 Å². The zero-order valence-electron chi connectivity index (χ0n) is 16.3. The molecule has 12 heteroatoms. The summed E-state index contributed by atoms with van der Waals surface area (Å²) in [5.41, 5.74) is 1.02. The van der Waals surface area contributed by atoms with Gasteiger partial charge in [-0.25, -0.2) is 8.42 Å². The number of benzene rings is 2. The molecule has 32 heavy (non-hydrogen) atoms. The van der Waals surface area contributed by atoms with Crippen molar-refractivity contribution in [3.05, 3.63) is 59.1 Å². The normalized spacial score (nSPS) is 23.4. The minimum absolute atomic E-state index is 0.0381. The molecule has 4 rings (SSSR count). The molecule has 0 bridgehead atoms. The number of ether oxygens (including phenoxy) is 1. The van der Waals surface area contributed by atoms with E-state index in [-0.39, 0.29) is 23.2 Å². The lowest BCUT2D eigenvalue weighted by Gasteiger charge is -2.24. The number of carbonyl (C=O) groups excluding carboxylic acids is 1. The average molecular weight is 505 g/mol. The molecule has 0 N–H and O–H groups in total. The Morgan fingerprint density at radius 2 is 1.84 bits per heavy atom. The number of amidine groups is 1. The Balaban J connectivity index is 1.62. The van der Waals surface area contributed by atoms with Crippen molar-refractivity contribution in [3.8, 4) is 5.75 Å². The highest BCUT2D eigenvalue weighted by molar-refractivity contribution is 8.16. The topological polar surface area (TPSA) is 76.0 Å². The van der Waals surface area contributed by atoms with E-state index in [9.17, 15) is 26.4 Å². The first-order chi connectivity index (χ1) is 15.0. The van der Waals surface area contributed by atoms with Gasteiger partial charge < -0.3 is 9.64 Å². The number of anilines is 1. The van der Waals surface area contributed by atoms with Gasteiger partial charge >= 0.3 is 6.36 Å². The number of carbonyl (C=O) groups is 1. The number of thioether (sulfide) groups is 1. The maximum atomic E-state index is 12.6. The molecule has 170 valence electrons. The second kappa shape index (κ2) is 8.60. The molecule has 2 aliphatic heterocycles. The second-order valence-electron chi connectivity index (χ2n) is 7.27. The summed E-state index contributed by atoms with van der Waals surface area (Å²) >= 11 is 7.28. The molecule has 1 amide bonds. The number of aliphatic imine (C=N–C) groups is 1. The Hall–Kier alpha value is -2.24. The van der Waals surface area contributed by atoms with Gasteiger partial charge in [-0.2, -0.15) is 4.99 Å². The van der Waals surface area contributed by atoms with Gasteiger partial charge in [-0.3, -0.25) is 4.79 Å². The highest BCUT2D eigenvalue weighted by Crippen LogP contribution is 2.41. The molecule has 0 unspecified atom stereocenters. The van der Waals surface area contributed by atoms with Crippen molar-refractivity contribution in [3.63, 3.8) is 0 Å². The molecule has 0 saturated carbocycles. The third-order valence-corrected chi connectivity index (χ3v) is 8.51. The van der Waals surface area contributed by atoms with Crippen molar-refractivity contribution in [1.29, 1.82) is 0 Å². The molecule has 0 spiro atoms. The van der Waals surface area contributed by atoms with Crippen LogP contribution in [0.4, 0.5) is 18.9 Å². The molecule has 2 saturated heterocycles. The van der Waals surface area contributed by atoms with Crippen molar-refractivity contribution in [1.82, 2.24) is 0 Å². The maximum absolute atomic E-state index is 12.6. The molecule has 6 nitrogen and oxygen atoms in total. The lowest BCUT2D eigenvalue weighted by molar-refractivity contribution is -0.274. The van der Waals surface area contributed by atoms with Gasteiger partial charge in [0.15, 0.2) is 15.0 Å². The number of alkyl halides is 3. The van der Waals surface area contributed by atoms with Gasteiger partial charge in [0.2, 0.25) is 0 Å². The van der Waals surface area contributed by atoms with Crippen molar-refractivity contribution in [2.24, 2.45) is 4.99 Å². The lowest BCUT2D eigenvalue weighted by atomic mass is 10.1. The van der Waals surface area contributed by atoms with Crippen molar-refractivity contribution in [2.45, 2.75) is 24.1 Å². The summed E-state index contributed by atoms with van der Waals surface area (Å²) < 4.78 is 65.5. The van der Waals surface area contributed by atoms with Crippen LogP contribution in [0.1, 0.15) is 5.56 Å². The summed E-state index contributed by atoms with van der Waals surface area (Å²) in [6, 6.07) is 11.4. The number of halogens is 4. The summed E-state index contributed by atoms with van der Waals surface area (Å²) in [6.45, 7) is 0. The first-order valence-corrected chi connectivity index (χ1v) is 12.5. The minimum atomic E-state index is -4.83. The molecule has 2 fully saturated rings. The van der Waals surface area contributed by atoms with Gasteiger partial charge in [0.25, 0.3) is 5.91 Å². The summed E-state index contributed by atoms with van der Waals surface area (Å²) in [5, 5.41) is 0.398. The van der Waals surface area contributed by atoms with E-state index >= 15 is 0 Å². The summed E-state index contributed by atoms with van der Waals surface area (Å²) in [7, 11) is -3.28. The average Bonchev–Trinajstić information content (AvgIpc) is 3.14. The molecule has 2 atom stereocenters. The second-order valence-corrected chi connectivity index (χ2v) is 11.0. The molecular formula is C20H16ClF3N2O4S2. The van der Waals surface area contributed by atoms with Crippen LogP contribution in [0.25, 0.3) is 0 Å². The Morgan fingerprint density at radius 3 is 2.50 bits per heavy atom. The highest BCUT2D eigenvalue weighted by Gasteiger charge is 2.49. The zero-order valence-corrected chi connectivity index (χ0v) is 18.6. The predicted octanol–water partition coefficient (Wildman–Crippen LogP) is 4.08. The van der Waals surface area contributed by atoms with Crippen LogP contribution in [-0.2, 0) is 21.1 Å². The number of hydrogen-bond acceptors (Lipinski definition) is 5. The molecule has 0 aromatic heterocycles. The molecule has 2 aliphatic rings. The first kappa shape index (κ1) is 22.9. The predicted molar refractivity (Wildman–Crippen MR) is 117 cm³/mol. The van der Waals surface area contributed by atoms with E-state index < -0.39 is 33.9 Å². The summed E-state index contributed by atoms with van der Waals surface area (Å²) in [4.78, 5) is 18.4. The van der Waals surface area contributed by atoms with Crippen molar-refractivity contribution >= 4 is 50.0 Å². The van der Waals surface area contributed by atoms with E-state index in [2.05, 4.69) is 9.73 Å². The monoisotopic (exact) mass is 504 g/mol. The van der Waals surface area contributed by atoms with E-state index in [1.807, 2.05) is 0 Å². The molecule has 2 heterocycles. The Morgan fingerprint density at radius 1 is 1.16 bits per heavy atom. The maximum Gasteiger partial charge on any atom is 0.573 e. The number of hydrogen-bond donors (Lipinski definition) is 0. The Kier molecular flexibility index (Phi) is 6.17. The quantitative estimate of drug-likeness (QED) is 0.624. The molecule has 2 aromatic carbocycles. The van der Waals surface area contributed by atoms with Gasteiger partial charge in [0.05, 0.1) is 24.0 Å². The van der Waals surface area contributed by atoms with Gasteiger partial charge in [0, 0.05) is 16.0 Å².